The molecule has 3 aromatic rings. The van der Waals surface area contributed by atoms with Gasteiger partial charge in [-0.25, -0.2) is 0 Å². The standard InChI is InChI=1S/C25H22BrNO2/c1-17-7-9-19(10-8-17)22-23(20-11-13-21(26)14-12-20)27(25(29)24(22)28)16-15-18-5-3-2-4-6-18/h2-14,23,28H,15-16H2,1H3/t23-/m1/s1. The van der Waals surface area contributed by atoms with Crippen molar-refractivity contribution in [1.29, 1.82) is 0 Å². The molecule has 1 atom stereocenters. The van der Waals surface area contributed by atoms with Crippen LogP contribution in [0.1, 0.15) is 28.3 Å². The van der Waals surface area contributed by atoms with E-state index in [1.54, 1.807) is 4.90 Å². The molecule has 0 fully saturated rings. The van der Waals surface area contributed by atoms with Crippen LogP contribution in [0.15, 0.2) is 89.1 Å². The van der Waals surface area contributed by atoms with E-state index in [0.29, 0.717) is 12.1 Å². The van der Waals surface area contributed by atoms with Crippen molar-refractivity contribution in [1.82, 2.24) is 4.90 Å². The summed E-state index contributed by atoms with van der Waals surface area (Å²) in [5, 5.41) is 10.8. The van der Waals surface area contributed by atoms with Crippen molar-refractivity contribution in [3.8, 4) is 0 Å². The second-order valence-corrected chi connectivity index (χ2v) is 8.23. The molecule has 29 heavy (non-hydrogen) atoms. The molecule has 146 valence electrons. The van der Waals surface area contributed by atoms with Gasteiger partial charge in [0.05, 0.1) is 6.04 Å². The lowest BCUT2D eigenvalue weighted by atomic mass is 9.93. The van der Waals surface area contributed by atoms with E-state index >= 15 is 0 Å². The van der Waals surface area contributed by atoms with Crippen LogP contribution in [-0.2, 0) is 11.2 Å². The minimum absolute atomic E-state index is 0.158. The van der Waals surface area contributed by atoms with Gasteiger partial charge in [0.15, 0.2) is 5.76 Å². The number of rotatable bonds is 5. The molecule has 0 unspecified atom stereocenters. The van der Waals surface area contributed by atoms with E-state index in [0.717, 1.165) is 33.1 Å². The minimum Gasteiger partial charge on any atom is -0.503 e. The predicted octanol–water partition coefficient (Wildman–Crippen LogP) is 5.85. The molecular formula is C25H22BrNO2. The first kappa shape index (κ1) is 19.5. The fourth-order valence-electron chi connectivity index (χ4n) is 3.80. The van der Waals surface area contributed by atoms with Gasteiger partial charge in [0, 0.05) is 16.6 Å². The van der Waals surface area contributed by atoms with Gasteiger partial charge in [0.25, 0.3) is 5.91 Å². The zero-order valence-electron chi connectivity index (χ0n) is 16.2. The summed E-state index contributed by atoms with van der Waals surface area (Å²) in [6.07, 6.45) is 0.730. The Bertz CT molecular complexity index is 1040. The Morgan fingerprint density at radius 3 is 2.24 bits per heavy atom. The topological polar surface area (TPSA) is 40.5 Å². The van der Waals surface area contributed by atoms with Gasteiger partial charge in [0.1, 0.15) is 0 Å². The van der Waals surface area contributed by atoms with E-state index in [-0.39, 0.29) is 17.7 Å². The number of carbonyl (C=O) groups excluding carboxylic acids is 1. The third-order valence-electron chi connectivity index (χ3n) is 5.34. The van der Waals surface area contributed by atoms with E-state index in [1.807, 2.05) is 73.7 Å². The molecule has 0 aromatic heterocycles. The number of aryl methyl sites for hydroxylation is 1. The third kappa shape index (κ3) is 3.99. The number of hydrogen-bond donors (Lipinski definition) is 1. The SMILES string of the molecule is Cc1ccc(C2=C(O)C(=O)N(CCc3ccccc3)[C@@H]2c2ccc(Br)cc2)cc1. The Kier molecular flexibility index (Phi) is 5.54. The first-order chi connectivity index (χ1) is 14.0. The third-order valence-corrected chi connectivity index (χ3v) is 5.86. The highest BCUT2D eigenvalue weighted by Crippen LogP contribution is 2.43. The lowest BCUT2D eigenvalue weighted by molar-refractivity contribution is -0.129. The molecule has 0 saturated carbocycles. The Morgan fingerprint density at radius 2 is 1.59 bits per heavy atom. The average molecular weight is 448 g/mol. The lowest BCUT2D eigenvalue weighted by Gasteiger charge is -2.27. The van der Waals surface area contributed by atoms with Gasteiger partial charge >= 0.3 is 0 Å². The second kappa shape index (κ2) is 8.26. The largest absolute Gasteiger partial charge is 0.503 e. The van der Waals surface area contributed by atoms with Crippen LogP contribution >= 0.6 is 15.9 Å². The molecule has 4 heteroatoms. The van der Waals surface area contributed by atoms with Gasteiger partial charge < -0.3 is 10.0 Å². The summed E-state index contributed by atoms with van der Waals surface area (Å²) in [5.74, 6) is -0.473. The molecule has 1 heterocycles. The number of aliphatic hydroxyl groups is 1. The van der Waals surface area contributed by atoms with Crippen molar-refractivity contribution >= 4 is 27.4 Å². The maximum atomic E-state index is 13.0. The molecule has 0 aliphatic carbocycles. The molecule has 1 aliphatic heterocycles. The summed E-state index contributed by atoms with van der Waals surface area (Å²) in [7, 11) is 0. The molecular weight excluding hydrogens is 426 g/mol. The molecule has 0 spiro atoms. The van der Waals surface area contributed by atoms with Crippen LogP contribution in [-0.4, -0.2) is 22.5 Å². The van der Waals surface area contributed by atoms with Crippen LogP contribution in [0, 0.1) is 6.92 Å². The quantitative estimate of drug-likeness (QED) is 0.532. The summed E-state index contributed by atoms with van der Waals surface area (Å²) in [6, 6.07) is 25.7. The molecule has 3 nitrogen and oxygen atoms in total. The number of aliphatic hydroxyl groups excluding tert-OH is 1. The van der Waals surface area contributed by atoms with E-state index < -0.39 is 0 Å². The summed E-state index contributed by atoms with van der Waals surface area (Å²) < 4.78 is 0.978. The van der Waals surface area contributed by atoms with E-state index in [9.17, 15) is 9.90 Å². The highest BCUT2D eigenvalue weighted by molar-refractivity contribution is 9.10. The van der Waals surface area contributed by atoms with Crippen molar-refractivity contribution < 1.29 is 9.90 Å². The van der Waals surface area contributed by atoms with Gasteiger partial charge in [-0.3, -0.25) is 4.79 Å². The predicted molar refractivity (Wildman–Crippen MR) is 119 cm³/mol. The van der Waals surface area contributed by atoms with Crippen molar-refractivity contribution in [2.24, 2.45) is 0 Å². The summed E-state index contributed by atoms with van der Waals surface area (Å²) >= 11 is 3.48. The Hall–Kier alpha value is -2.85. The molecule has 0 saturated heterocycles. The van der Waals surface area contributed by atoms with E-state index in [2.05, 4.69) is 28.1 Å². The Labute approximate surface area is 179 Å². The van der Waals surface area contributed by atoms with Crippen molar-refractivity contribution in [2.75, 3.05) is 6.54 Å². The highest BCUT2D eigenvalue weighted by atomic mass is 79.9. The van der Waals surface area contributed by atoms with Gasteiger partial charge in [-0.15, -0.1) is 0 Å². The normalized spacial score (nSPS) is 16.6. The molecule has 0 radical (unpaired) electrons. The average Bonchev–Trinajstić information content (AvgIpc) is 2.99. The van der Waals surface area contributed by atoms with Crippen LogP contribution in [0.3, 0.4) is 0 Å². The monoisotopic (exact) mass is 447 g/mol. The number of nitrogens with zero attached hydrogens (tertiary/aromatic N) is 1. The first-order valence-corrected chi connectivity index (χ1v) is 10.4. The fourth-order valence-corrected chi connectivity index (χ4v) is 4.06. The summed E-state index contributed by atoms with van der Waals surface area (Å²) in [5.41, 5.74) is 4.83. The zero-order chi connectivity index (χ0) is 20.4. The number of amides is 1. The number of benzene rings is 3. The van der Waals surface area contributed by atoms with Crippen LogP contribution in [0.4, 0.5) is 0 Å². The van der Waals surface area contributed by atoms with Crippen LogP contribution < -0.4 is 0 Å². The lowest BCUT2D eigenvalue weighted by Crippen LogP contribution is -2.32. The maximum absolute atomic E-state index is 13.0. The van der Waals surface area contributed by atoms with Gasteiger partial charge in [-0.05, 0) is 42.2 Å². The Morgan fingerprint density at radius 1 is 0.931 bits per heavy atom. The molecule has 4 rings (SSSR count). The number of halogens is 1. The minimum atomic E-state index is -0.318. The highest BCUT2D eigenvalue weighted by Gasteiger charge is 2.40. The molecule has 1 amide bonds. The first-order valence-electron chi connectivity index (χ1n) is 9.65. The van der Waals surface area contributed by atoms with Crippen molar-refractivity contribution in [3.63, 3.8) is 0 Å². The van der Waals surface area contributed by atoms with Gasteiger partial charge in [-0.1, -0.05) is 88.2 Å². The van der Waals surface area contributed by atoms with E-state index in [4.69, 9.17) is 0 Å². The van der Waals surface area contributed by atoms with Crippen LogP contribution in [0.2, 0.25) is 0 Å². The van der Waals surface area contributed by atoms with Crippen molar-refractivity contribution in [2.45, 2.75) is 19.4 Å². The molecule has 3 aromatic carbocycles. The summed E-state index contributed by atoms with van der Waals surface area (Å²) in [6.45, 7) is 2.55. The maximum Gasteiger partial charge on any atom is 0.289 e. The summed E-state index contributed by atoms with van der Waals surface area (Å²) in [4.78, 5) is 14.8. The van der Waals surface area contributed by atoms with Crippen LogP contribution in [0.5, 0.6) is 0 Å². The molecule has 0 bridgehead atoms. The number of carbonyl (C=O) groups is 1. The van der Waals surface area contributed by atoms with E-state index in [1.165, 1.54) is 0 Å². The van der Waals surface area contributed by atoms with Crippen LogP contribution in [0.25, 0.3) is 5.57 Å². The molecule has 1 N–H and O–H groups in total. The fraction of sp³-hybridized carbons (Fsp3) is 0.160. The smallest absolute Gasteiger partial charge is 0.289 e. The van der Waals surface area contributed by atoms with Gasteiger partial charge in [-0.2, -0.15) is 0 Å². The number of hydrogen-bond acceptors (Lipinski definition) is 2. The Balaban J connectivity index is 1.73. The zero-order valence-corrected chi connectivity index (χ0v) is 17.8. The second-order valence-electron chi connectivity index (χ2n) is 7.32. The molecule has 1 aliphatic rings. The van der Waals surface area contributed by atoms with Crippen molar-refractivity contribution in [3.05, 3.63) is 111 Å². The van der Waals surface area contributed by atoms with Gasteiger partial charge in [0.2, 0.25) is 0 Å².